The lowest BCUT2D eigenvalue weighted by molar-refractivity contribution is -0.384. The van der Waals surface area contributed by atoms with Crippen molar-refractivity contribution in [2.75, 3.05) is 31.9 Å². The molecule has 1 fully saturated rings. The zero-order valence-electron chi connectivity index (χ0n) is 16.9. The number of hydrogen-bond acceptors (Lipinski definition) is 6. The fraction of sp³-hybridized carbons (Fsp3) is 0.381. The molecule has 1 aliphatic heterocycles. The van der Waals surface area contributed by atoms with Gasteiger partial charge >= 0.3 is 0 Å². The van der Waals surface area contributed by atoms with Gasteiger partial charge in [0, 0.05) is 51.3 Å². The van der Waals surface area contributed by atoms with Gasteiger partial charge in [0.15, 0.2) is 9.84 Å². The summed E-state index contributed by atoms with van der Waals surface area (Å²) < 4.78 is 24.9. The van der Waals surface area contributed by atoms with Gasteiger partial charge in [0.25, 0.3) is 5.69 Å². The molecule has 0 bridgehead atoms. The summed E-state index contributed by atoms with van der Waals surface area (Å²) in [5.41, 5.74) is 1.90. The Hall–Kier alpha value is -2.78. The molecule has 0 aliphatic carbocycles. The third-order valence-corrected chi connectivity index (χ3v) is 6.95. The van der Waals surface area contributed by atoms with Crippen molar-refractivity contribution in [3.8, 4) is 0 Å². The van der Waals surface area contributed by atoms with Crippen molar-refractivity contribution in [3.63, 3.8) is 0 Å². The summed E-state index contributed by atoms with van der Waals surface area (Å²) in [4.78, 5) is 27.0. The van der Waals surface area contributed by atoms with Crippen molar-refractivity contribution < 1.29 is 18.1 Å². The Balaban J connectivity index is 1.49. The predicted molar refractivity (Wildman–Crippen MR) is 113 cm³/mol. The van der Waals surface area contributed by atoms with Crippen molar-refractivity contribution in [2.45, 2.75) is 24.8 Å². The first-order valence-corrected chi connectivity index (χ1v) is 11.4. The molecular formula is C21H25N3O5S. The second kappa shape index (κ2) is 9.36. The number of benzene rings is 2. The number of rotatable bonds is 7. The number of amides is 1. The standard InChI is InChI=1S/C21H25N3O5S/c1-17-5-7-20(8-6-17)30(28,29)14-9-21(25)23-12-10-22(11-13-23)16-18-3-2-4-19(15-18)24(26)27/h2-8,15H,9-14,16H2,1H3. The molecule has 0 atom stereocenters. The number of carbonyl (C=O) groups is 1. The average molecular weight is 432 g/mol. The molecular weight excluding hydrogens is 406 g/mol. The molecule has 0 saturated carbocycles. The lowest BCUT2D eigenvalue weighted by atomic mass is 10.1. The number of non-ortho nitro benzene ring substituents is 1. The summed E-state index contributed by atoms with van der Waals surface area (Å²) in [6.07, 6.45) is -0.0406. The number of nitrogens with zero attached hydrogens (tertiary/aromatic N) is 3. The van der Waals surface area contributed by atoms with Gasteiger partial charge < -0.3 is 4.90 Å². The van der Waals surface area contributed by atoms with E-state index in [1.54, 1.807) is 41.3 Å². The van der Waals surface area contributed by atoms with Crippen molar-refractivity contribution in [3.05, 3.63) is 69.8 Å². The highest BCUT2D eigenvalue weighted by Crippen LogP contribution is 2.17. The van der Waals surface area contributed by atoms with Crippen LogP contribution in [0.3, 0.4) is 0 Å². The molecule has 0 aromatic heterocycles. The highest BCUT2D eigenvalue weighted by atomic mass is 32.2. The lowest BCUT2D eigenvalue weighted by Gasteiger charge is -2.34. The van der Waals surface area contributed by atoms with Crippen LogP contribution in [0.5, 0.6) is 0 Å². The Morgan fingerprint density at radius 1 is 1.07 bits per heavy atom. The first-order chi connectivity index (χ1) is 14.2. The molecule has 9 heteroatoms. The van der Waals surface area contributed by atoms with Gasteiger partial charge in [0.2, 0.25) is 5.91 Å². The van der Waals surface area contributed by atoms with Crippen LogP contribution in [0.25, 0.3) is 0 Å². The van der Waals surface area contributed by atoms with E-state index in [0.717, 1.165) is 11.1 Å². The molecule has 1 saturated heterocycles. The van der Waals surface area contributed by atoms with Crippen LogP contribution in [0.15, 0.2) is 53.4 Å². The number of nitro groups is 1. The van der Waals surface area contributed by atoms with E-state index in [2.05, 4.69) is 4.90 Å². The van der Waals surface area contributed by atoms with Gasteiger partial charge in [-0.1, -0.05) is 29.8 Å². The van der Waals surface area contributed by atoms with Crippen molar-refractivity contribution in [1.29, 1.82) is 0 Å². The zero-order valence-corrected chi connectivity index (χ0v) is 17.7. The molecule has 160 valence electrons. The van der Waals surface area contributed by atoms with E-state index >= 15 is 0 Å². The van der Waals surface area contributed by atoms with Gasteiger partial charge in [-0.2, -0.15) is 0 Å². The van der Waals surface area contributed by atoms with Crippen LogP contribution in [-0.2, 0) is 21.2 Å². The third kappa shape index (κ3) is 5.64. The van der Waals surface area contributed by atoms with Gasteiger partial charge in [0.05, 0.1) is 15.6 Å². The molecule has 8 nitrogen and oxygen atoms in total. The lowest BCUT2D eigenvalue weighted by Crippen LogP contribution is -2.48. The number of sulfone groups is 1. The van der Waals surface area contributed by atoms with Crippen LogP contribution in [0.2, 0.25) is 0 Å². The van der Waals surface area contributed by atoms with Gasteiger partial charge in [0.1, 0.15) is 0 Å². The van der Waals surface area contributed by atoms with Crippen LogP contribution < -0.4 is 0 Å². The van der Waals surface area contributed by atoms with Crippen LogP contribution >= 0.6 is 0 Å². The van der Waals surface area contributed by atoms with Crippen LogP contribution in [0, 0.1) is 17.0 Å². The quantitative estimate of drug-likeness (QED) is 0.493. The SMILES string of the molecule is Cc1ccc(S(=O)(=O)CCC(=O)N2CCN(Cc3cccc([N+](=O)[O-])c3)CC2)cc1. The minimum atomic E-state index is -3.49. The van der Waals surface area contributed by atoms with Gasteiger partial charge in [-0.15, -0.1) is 0 Å². The summed E-state index contributed by atoms with van der Waals surface area (Å²) in [5.74, 6) is -0.372. The maximum absolute atomic E-state index is 12.5. The third-order valence-electron chi connectivity index (χ3n) is 5.22. The molecule has 3 rings (SSSR count). The molecule has 1 heterocycles. The molecule has 2 aromatic carbocycles. The molecule has 2 aromatic rings. The molecule has 0 N–H and O–H groups in total. The van der Waals surface area contributed by atoms with Crippen LogP contribution in [-0.4, -0.2) is 61.0 Å². The van der Waals surface area contributed by atoms with Crippen LogP contribution in [0.1, 0.15) is 17.5 Å². The van der Waals surface area contributed by atoms with E-state index in [1.807, 2.05) is 13.0 Å². The van der Waals surface area contributed by atoms with Crippen molar-refractivity contribution >= 4 is 21.4 Å². The van der Waals surface area contributed by atoms with Crippen molar-refractivity contribution in [2.24, 2.45) is 0 Å². The van der Waals surface area contributed by atoms with Gasteiger partial charge in [-0.25, -0.2) is 8.42 Å². The zero-order chi connectivity index (χ0) is 21.7. The average Bonchev–Trinajstić information content (AvgIpc) is 2.73. The molecule has 30 heavy (non-hydrogen) atoms. The Morgan fingerprint density at radius 2 is 1.73 bits per heavy atom. The van der Waals surface area contributed by atoms with Crippen molar-refractivity contribution in [1.82, 2.24) is 9.80 Å². The monoisotopic (exact) mass is 431 g/mol. The normalized spacial score (nSPS) is 15.2. The second-order valence-electron chi connectivity index (χ2n) is 7.47. The first kappa shape index (κ1) is 21.9. The number of piperazine rings is 1. The maximum atomic E-state index is 12.5. The highest BCUT2D eigenvalue weighted by molar-refractivity contribution is 7.91. The fourth-order valence-corrected chi connectivity index (χ4v) is 4.66. The Morgan fingerprint density at radius 3 is 2.37 bits per heavy atom. The molecule has 1 aliphatic rings. The fourth-order valence-electron chi connectivity index (χ4n) is 3.43. The highest BCUT2D eigenvalue weighted by Gasteiger charge is 2.23. The second-order valence-corrected chi connectivity index (χ2v) is 9.58. The van der Waals surface area contributed by atoms with E-state index in [-0.39, 0.29) is 28.7 Å². The number of nitro benzene ring substituents is 1. The first-order valence-electron chi connectivity index (χ1n) is 9.77. The van der Waals surface area contributed by atoms with E-state index in [4.69, 9.17) is 0 Å². The van der Waals surface area contributed by atoms with E-state index in [9.17, 15) is 23.3 Å². The molecule has 0 unspecified atom stereocenters. The van der Waals surface area contributed by atoms with E-state index < -0.39 is 14.8 Å². The van der Waals surface area contributed by atoms with E-state index in [1.165, 1.54) is 6.07 Å². The van der Waals surface area contributed by atoms with Gasteiger partial charge in [-0.05, 0) is 24.6 Å². The molecule has 0 spiro atoms. The van der Waals surface area contributed by atoms with Crippen LogP contribution in [0.4, 0.5) is 5.69 Å². The molecule has 1 amide bonds. The van der Waals surface area contributed by atoms with E-state index in [0.29, 0.717) is 32.7 Å². The number of carbonyl (C=O) groups excluding carboxylic acids is 1. The molecule has 0 radical (unpaired) electrons. The Bertz CT molecular complexity index is 1010. The summed E-state index contributed by atoms with van der Waals surface area (Å²) >= 11 is 0. The summed E-state index contributed by atoms with van der Waals surface area (Å²) in [6, 6.07) is 13.2. The summed E-state index contributed by atoms with van der Waals surface area (Å²) in [5, 5.41) is 10.9. The smallest absolute Gasteiger partial charge is 0.269 e. The summed E-state index contributed by atoms with van der Waals surface area (Å²) in [7, 11) is -3.49. The predicted octanol–water partition coefficient (Wildman–Crippen LogP) is 2.41. The minimum absolute atomic E-state index is 0.0406. The summed E-state index contributed by atoms with van der Waals surface area (Å²) in [6.45, 7) is 4.76. The van der Waals surface area contributed by atoms with Gasteiger partial charge in [-0.3, -0.25) is 19.8 Å². The largest absolute Gasteiger partial charge is 0.340 e. The topological polar surface area (TPSA) is 101 Å². The number of hydrogen-bond donors (Lipinski definition) is 0. The minimum Gasteiger partial charge on any atom is -0.340 e. The Kier molecular flexibility index (Phi) is 6.84. The number of aryl methyl sites for hydroxylation is 1. The Labute approximate surface area is 176 Å². The maximum Gasteiger partial charge on any atom is 0.269 e.